The Balaban J connectivity index is 1.51. The van der Waals surface area contributed by atoms with E-state index in [1.165, 1.54) is 0 Å². The minimum Gasteiger partial charge on any atom is -0.354 e. The maximum Gasteiger partial charge on any atom is 0.268 e. The number of carbonyl (C=O) groups is 2. The number of aromatic amines is 1. The molecule has 3 aromatic rings. The molecule has 3 aromatic heterocycles. The largest absolute Gasteiger partial charge is 0.354 e. The van der Waals surface area contributed by atoms with Crippen molar-refractivity contribution >= 4 is 11.7 Å². The monoisotopic (exact) mass is 363 g/mol. The molecule has 2 N–H and O–H groups in total. The number of ketones is 1. The van der Waals surface area contributed by atoms with E-state index < -0.39 is 0 Å². The summed E-state index contributed by atoms with van der Waals surface area (Å²) >= 11 is 0. The van der Waals surface area contributed by atoms with E-state index in [-0.39, 0.29) is 11.7 Å². The maximum atomic E-state index is 12.6. The molecule has 0 radical (unpaired) electrons. The molecule has 1 amide bonds. The summed E-state index contributed by atoms with van der Waals surface area (Å²) in [5.41, 5.74) is 3.75. The zero-order chi connectivity index (χ0) is 19.0. The summed E-state index contributed by atoms with van der Waals surface area (Å²) in [6, 6.07) is 3.79. The molecule has 0 aliphatic heterocycles. The Morgan fingerprint density at radius 2 is 2.11 bits per heavy atom. The molecular formula is C20H21N5O2. The van der Waals surface area contributed by atoms with Crippen molar-refractivity contribution in [2.45, 2.75) is 39.7 Å². The number of amides is 1. The minimum atomic E-state index is -0.202. The molecule has 0 aromatic carbocycles. The number of hydrogen-bond donors (Lipinski definition) is 2. The summed E-state index contributed by atoms with van der Waals surface area (Å²) in [6.45, 7) is 4.12. The Labute approximate surface area is 156 Å². The van der Waals surface area contributed by atoms with Gasteiger partial charge in [0.15, 0.2) is 5.78 Å². The van der Waals surface area contributed by atoms with Crippen molar-refractivity contribution in [3.05, 3.63) is 64.6 Å². The molecule has 0 spiro atoms. The highest BCUT2D eigenvalue weighted by Gasteiger charge is 2.26. The fourth-order valence-corrected chi connectivity index (χ4v) is 3.59. The van der Waals surface area contributed by atoms with Crippen molar-refractivity contribution in [1.29, 1.82) is 0 Å². The quantitative estimate of drug-likeness (QED) is 0.745. The van der Waals surface area contributed by atoms with Gasteiger partial charge in [0, 0.05) is 42.8 Å². The van der Waals surface area contributed by atoms with Crippen molar-refractivity contribution in [2.24, 2.45) is 0 Å². The molecule has 1 aliphatic rings. The summed E-state index contributed by atoms with van der Waals surface area (Å²) in [6.07, 6.45) is 7.49. The van der Waals surface area contributed by atoms with E-state index in [0.717, 1.165) is 41.3 Å². The van der Waals surface area contributed by atoms with Crippen LogP contribution in [0.1, 0.15) is 56.3 Å². The van der Waals surface area contributed by atoms with Gasteiger partial charge in [-0.15, -0.1) is 0 Å². The maximum absolute atomic E-state index is 12.6. The third-order valence-electron chi connectivity index (χ3n) is 5.00. The molecule has 4 rings (SSSR count). The molecule has 0 saturated heterocycles. The molecule has 0 unspecified atom stereocenters. The standard InChI is InChI=1S/C20H21N5O2/c1-12-18-15(4-3-5-16(18)26)24-19(12)20(27)23-11-14-6-7-22-17(10-14)25-9-8-21-13(25)2/h6-10,24H,3-5,11H2,1-2H3,(H,23,27). The number of hydrogen-bond acceptors (Lipinski definition) is 4. The molecule has 0 bridgehead atoms. The van der Waals surface area contributed by atoms with Gasteiger partial charge in [-0.2, -0.15) is 0 Å². The van der Waals surface area contributed by atoms with Gasteiger partial charge in [0.05, 0.1) is 0 Å². The number of nitrogens with zero attached hydrogens (tertiary/aromatic N) is 3. The Kier molecular flexibility index (Phi) is 4.35. The van der Waals surface area contributed by atoms with Gasteiger partial charge in [0.25, 0.3) is 5.91 Å². The van der Waals surface area contributed by atoms with Crippen molar-refractivity contribution in [3.63, 3.8) is 0 Å². The van der Waals surface area contributed by atoms with E-state index in [0.29, 0.717) is 24.2 Å². The van der Waals surface area contributed by atoms with Crippen LogP contribution >= 0.6 is 0 Å². The topological polar surface area (TPSA) is 92.7 Å². The SMILES string of the molecule is Cc1c(C(=O)NCc2ccnc(-n3ccnc3C)c2)[nH]c2c1C(=O)CCC2. The second-order valence-electron chi connectivity index (χ2n) is 6.80. The number of rotatable bonds is 4. The number of carbonyl (C=O) groups excluding carboxylic acids is 2. The molecule has 7 heteroatoms. The first-order chi connectivity index (χ1) is 13.0. The van der Waals surface area contributed by atoms with E-state index in [4.69, 9.17) is 0 Å². The first-order valence-electron chi connectivity index (χ1n) is 9.02. The molecule has 7 nitrogen and oxygen atoms in total. The van der Waals surface area contributed by atoms with Crippen LogP contribution in [0.15, 0.2) is 30.7 Å². The second kappa shape index (κ2) is 6.83. The van der Waals surface area contributed by atoms with Gasteiger partial charge in [-0.05, 0) is 49.9 Å². The minimum absolute atomic E-state index is 0.124. The van der Waals surface area contributed by atoms with Crippen LogP contribution < -0.4 is 5.32 Å². The molecule has 0 fully saturated rings. The summed E-state index contributed by atoms with van der Waals surface area (Å²) in [5, 5.41) is 2.93. The van der Waals surface area contributed by atoms with Gasteiger partial charge in [0.1, 0.15) is 17.3 Å². The Morgan fingerprint density at radius 1 is 1.26 bits per heavy atom. The van der Waals surface area contributed by atoms with Crippen molar-refractivity contribution < 1.29 is 9.59 Å². The Bertz CT molecular complexity index is 1030. The lowest BCUT2D eigenvalue weighted by molar-refractivity contribution is 0.0945. The Morgan fingerprint density at radius 3 is 2.85 bits per heavy atom. The van der Waals surface area contributed by atoms with E-state index in [1.54, 1.807) is 12.4 Å². The third-order valence-corrected chi connectivity index (χ3v) is 5.00. The van der Waals surface area contributed by atoms with Crippen LogP contribution in [0.5, 0.6) is 0 Å². The molecule has 3 heterocycles. The van der Waals surface area contributed by atoms with Crippen molar-refractivity contribution in [3.8, 4) is 5.82 Å². The highest BCUT2D eigenvalue weighted by atomic mass is 16.2. The average molecular weight is 363 g/mol. The van der Waals surface area contributed by atoms with E-state index in [2.05, 4.69) is 20.3 Å². The summed E-state index contributed by atoms with van der Waals surface area (Å²) < 4.78 is 1.89. The number of pyridine rings is 1. The number of nitrogens with one attached hydrogen (secondary N) is 2. The van der Waals surface area contributed by atoms with Crippen LogP contribution in [-0.2, 0) is 13.0 Å². The lowest BCUT2D eigenvalue weighted by atomic mass is 9.94. The highest BCUT2D eigenvalue weighted by molar-refractivity contribution is 6.04. The van der Waals surface area contributed by atoms with Gasteiger partial charge in [-0.25, -0.2) is 9.97 Å². The lowest BCUT2D eigenvalue weighted by Gasteiger charge is -2.09. The van der Waals surface area contributed by atoms with Gasteiger partial charge < -0.3 is 10.3 Å². The number of H-pyrrole nitrogens is 1. The van der Waals surface area contributed by atoms with E-state index >= 15 is 0 Å². The van der Waals surface area contributed by atoms with Crippen molar-refractivity contribution in [2.75, 3.05) is 0 Å². The van der Waals surface area contributed by atoms with Gasteiger partial charge >= 0.3 is 0 Å². The van der Waals surface area contributed by atoms with Gasteiger partial charge in [-0.1, -0.05) is 0 Å². The van der Waals surface area contributed by atoms with Gasteiger partial charge in [0.2, 0.25) is 0 Å². The molecule has 0 saturated carbocycles. The van der Waals surface area contributed by atoms with Crippen LogP contribution in [0.2, 0.25) is 0 Å². The smallest absolute Gasteiger partial charge is 0.268 e. The number of Topliss-reactive ketones (excluding diaryl/α,β-unsaturated/α-hetero) is 1. The predicted octanol–water partition coefficient (Wildman–Crippen LogP) is 2.66. The average Bonchev–Trinajstić information content (AvgIpc) is 3.24. The zero-order valence-electron chi connectivity index (χ0n) is 15.4. The van der Waals surface area contributed by atoms with E-state index in [9.17, 15) is 9.59 Å². The normalized spacial score (nSPS) is 13.5. The van der Waals surface area contributed by atoms with Crippen LogP contribution in [0, 0.1) is 13.8 Å². The number of aryl methyl sites for hydroxylation is 2. The first-order valence-corrected chi connectivity index (χ1v) is 9.02. The number of imidazole rings is 1. The zero-order valence-corrected chi connectivity index (χ0v) is 15.4. The Hall–Kier alpha value is -3.22. The summed E-state index contributed by atoms with van der Waals surface area (Å²) in [5.74, 6) is 1.53. The van der Waals surface area contributed by atoms with Crippen LogP contribution in [0.25, 0.3) is 5.82 Å². The fourth-order valence-electron chi connectivity index (χ4n) is 3.59. The third kappa shape index (κ3) is 3.16. The summed E-state index contributed by atoms with van der Waals surface area (Å²) in [7, 11) is 0. The molecule has 0 atom stereocenters. The van der Waals surface area contributed by atoms with Crippen LogP contribution in [0.3, 0.4) is 0 Å². The highest BCUT2D eigenvalue weighted by Crippen LogP contribution is 2.26. The second-order valence-corrected chi connectivity index (χ2v) is 6.80. The number of aromatic nitrogens is 4. The number of fused-ring (bicyclic) bond motifs is 1. The fraction of sp³-hybridized carbons (Fsp3) is 0.300. The van der Waals surface area contributed by atoms with Crippen LogP contribution in [0.4, 0.5) is 0 Å². The summed E-state index contributed by atoms with van der Waals surface area (Å²) in [4.78, 5) is 36.5. The van der Waals surface area contributed by atoms with Crippen LogP contribution in [-0.4, -0.2) is 31.2 Å². The molecular weight excluding hydrogens is 342 g/mol. The van der Waals surface area contributed by atoms with Crippen molar-refractivity contribution in [1.82, 2.24) is 24.8 Å². The first kappa shape index (κ1) is 17.2. The molecule has 1 aliphatic carbocycles. The lowest BCUT2D eigenvalue weighted by Crippen LogP contribution is -2.24. The molecule has 27 heavy (non-hydrogen) atoms. The predicted molar refractivity (Wildman–Crippen MR) is 100 cm³/mol. The van der Waals surface area contributed by atoms with E-state index in [1.807, 2.05) is 36.7 Å². The van der Waals surface area contributed by atoms with Gasteiger partial charge in [-0.3, -0.25) is 14.2 Å². The molecule has 138 valence electrons.